The van der Waals surface area contributed by atoms with Gasteiger partial charge in [-0.3, -0.25) is 9.69 Å². The molecule has 4 rings (SSSR count). The van der Waals surface area contributed by atoms with Gasteiger partial charge in [0.15, 0.2) is 16.8 Å². The highest BCUT2D eigenvalue weighted by Crippen LogP contribution is 2.38. The Morgan fingerprint density at radius 2 is 1.95 bits per heavy atom. The molecular formula is C25H28F5N7O3S. The van der Waals surface area contributed by atoms with Crippen molar-refractivity contribution in [3.8, 4) is 11.3 Å². The van der Waals surface area contributed by atoms with E-state index in [-0.39, 0.29) is 53.6 Å². The molecule has 0 amide bonds. The number of nitrogens with one attached hydrogen (secondary N) is 3. The molecule has 10 nitrogen and oxygen atoms in total. The summed E-state index contributed by atoms with van der Waals surface area (Å²) in [6.45, 7) is 2.47. The van der Waals surface area contributed by atoms with Gasteiger partial charge in [0, 0.05) is 56.8 Å². The summed E-state index contributed by atoms with van der Waals surface area (Å²) in [5.41, 5.74) is -1.06. The number of carboxylic acid groups (broad SMARTS) is 1. The van der Waals surface area contributed by atoms with Gasteiger partial charge < -0.3 is 25.8 Å². The SMILES string of the molecule is CO[C@H]1CCN(Cc2sc(Nc3ncnc(NCCNCCC(=O)O)c3F)nc2-c2cc(F)cc(C(F)(F)F)c2)C1. The van der Waals surface area contributed by atoms with E-state index in [2.05, 4.69) is 35.8 Å². The number of aliphatic carboxylic acids is 1. The number of hydrogen-bond donors (Lipinski definition) is 4. The van der Waals surface area contributed by atoms with Gasteiger partial charge in [-0.15, -0.1) is 0 Å². The maximum atomic E-state index is 15.1. The van der Waals surface area contributed by atoms with Crippen LogP contribution in [-0.4, -0.2) is 76.9 Å². The van der Waals surface area contributed by atoms with Crippen LogP contribution in [0.5, 0.6) is 0 Å². The second-order valence-electron chi connectivity index (χ2n) is 9.23. The molecule has 0 bridgehead atoms. The lowest BCUT2D eigenvalue weighted by molar-refractivity contribution is -0.138. The fraction of sp³-hybridized carbons (Fsp3) is 0.440. The molecule has 1 fully saturated rings. The van der Waals surface area contributed by atoms with Crippen molar-refractivity contribution in [2.24, 2.45) is 0 Å². The predicted molar refractivity (Wildman–Crippen MR) is 142 cm³/mol. The zero-order valence-electron chi connectivity index (χ0n) is 21.9. The van der Waals surface area contributed by atoms with Crippen molar-refractivity contribution in [3.05, 3.63) is 46.6 Å². The third-order valence-corrected chi connectivity index (χ3v) is 7.21. The first-order chi connectivity index (χ1) is 19.5. The average Bonchev–Trinajstić information content (AvgIpc) is 3.54. The molecule has 41 heavy (non-hydrogen) atoms. The van der Waals surface area contributed by atoms with Crippen molar-refractivity contribution < 1.29 is 36.6 Å². The van der Waals surface area contributed by atoms with Crippen LogP contribution in [0.15, 0.2) is 24.5 Å². The first-order valence-corrected chi connectivity index (χ1v) is 13.4. The normalized spacial score (nSPS) is 15.8. The van der Waals surface area contributed by atoms with Gasteiger partial charge in [-0.1, -0.05) is 11.3 Å². The number of nitrogens with zero attached hydrogens (tertiary/aromatic N) is 4. The van der Waals surface area contributed by atoms with E-state index in [4.69, 9.17) is 9.84 Å². The molecule has 222 valence electrons. The van der Waals surface area contributed by atoms with Gasteiger partial charge in [0.05, 0.1) is 23.8 Å². The van der Waals surface area contributed by atoms with Crippen LogP contribution < -0.4 is 16.0 Å². The number of carbonyl (C=O) groups is 1. The van der Waals surface area contributed by atoms with Gasteiger partial charge in [0.1, 0.15) is 12.1 Å². The van der Waals surface area contributed by atoms with Crippen LogP contribution in [0, 0.1) is 11.6 Å². The number of thiazole rings is 1. The molecule has 2 aromatic heterocycles. The molecule has 1 aliphatic rings. The predicted octanol–water partition coefficient (Wildman–Crippen LogP) is 4.34. The van der Waals surface area contributed by atoms with E-state index in [0.717, 1.165) is 36.2 Å². The Morgan fingerprint density at radius 1 is 1.17 bits per heavy atom. The summed E-state index contributed by atoms with van der Waals surface area (Å²) in [4.78, 5) is 25.4. The molecule has 3 aromatic rings. The number of ether oxygens (including phenoxy) is 1. The number of rotatable bonds is 13. The van der Waals surface area contributed by atoms with E-state index in [1.807, 2.05) is 0 Å². The van der Waals surface area contributed by atoms with Gasteiger partial charge in [-0.2, -0.15) is 17.6 Å². The van der Waals surface area contributed by atoms with Crippen molar-refractivity contribution in [2.75, 3.05) is 50.5 Å². The number of hydrogen-bond acceptors (Lipinski definition) is 10. The van der Waals surface area contributed by atoms with Crippen molar-refractivity contribution in [3.63, 3.8) is 0 Å². The maximum Gasteiger partial charge on any atom is 0.416 e. The zero-order valence-corrected chi connectivity index (χ0v) is 22.7. The van der Waals surface area contributed by atoms with Crippen LogP contribution in [0.2, 0.25) is 0 Å². The largest absolute Gasteiger partial charge is 0.481 e. The quantitative estimate of drug-likeness (QED) is 0.166. The number of anilines is 3. The molecule has 0 saturated carbocycles. The van der Waals surface area contributed by atoms with Crippen LogP contribution in [0.1, 0.15) is 23.3 Å². The third kappa shape index (κ3) is 8.28. The third-order valence-electron chi connectivity index (χ3n) is 6.25. The van der Waals surface area contributed by atoms with E-state index >= 15 is 4.39 Å². The van der Waals surface area contributed by atoms with Gasteiger partial charge in [-0.25, -0.2) is 19.3 Å². The lowest BCUT2D eigenvalue weighted by Crippen LogP contribution is -2.25. The van der Waals surface area contributed by atoms with Crippen LogP contribution in [-0.2, 0) is 22.3 Å². The summed E-state index contributed by atoms with van der Waals surface area (Å²) in [6.07, 6.45) is -2.88. The fourth-order valence-electron chi connectivity index (χ4n) is 4.24. The van der Waals surface area contributed by atoms with Gasteiger partial charge in [0.2, 0.25) is 5.82 Å². The standard InChI is InChI=1S/C25H28F5N7O3S/c1-40-17-3-7-37(11-17)12-18-21(14-8-15(25(28,29)30)10-16(26)9-14)35-24(41-18)36-23-20(27)22(33-13-34-23)32-6-5-31-4-2-19(38)39/h8-10,13,17,31H,2-7,11-12H2,1H3,(H,38,39)(H2,32,33,34,35,36)/t17-/m0/s1. The number of methoxy groups -OCH3 is 1. The molecule has 0 radical (unpaired) electrons. The van der Waals surface area contributed by atoms with Crippen molar-refractivity contribution in [2.45, 2.75) is 31.7 Å². The molecule has 1 atom stereocenters. The topological polar surface area (TPSA) is 125 Å². The summed E-state index contributed by atoms with van der Waals surface area (Å²) in [5.74, 6) is -3.14. The summed E-state index contributed by atoms with van der Waals surface area (Å²) >= 11 is 1.09. The number of carboxylic acids is 1. The average molecular weight is 602 g/mol. The van der Waals surface area contributed by atoms with E-state index in [1.165, 1.54) is 0 Å². The van der Waals surface area contributed by atoms with E-state index in [1.54, 1.807) is 7.11 Å². The van der Waals surface area contributed by atoms with Crippen molar-refractivity contribution >= 4 is 34.1 Å². The highest BCUT2D eigenvalue weighted by Gasteiger charge is 2.32. The van der Waals surface area contributed by atoms with Crippen LogP contribution in [0.4, 0.5) is 38.7 Å². The summed E-state index contributed by atoms with van der Waals surface area (Å²) < 4.78 is 75.1. The molecule has 3 heterocycles. The number of likely N-dealkylation sites (tertiary alicyclic amines) is 1. The Morgan fingerprint density at radius 3 is 2.66 bits per heavy atom. The molecule has 4 N–H and O–H groups in total. The minimum absolute atomic E-state index is 0.0170. The fourth-order valence-corrected chi connectivity index (χ4v) is 5.26. The minimum Gasteiger partial charge on any atom is -0.481 e. The van der Waals surface area contributed by atoms with Crippen molar-refractivity contribution in [1.29, 1.82) is 0 Å². The second-order valence-corrected chi connectivity index (χ2v) is 10.3. The lowest BCUT2D eigenvalue weighted by Gasteiger charge is -2.15. The molecule has 0 unspecified atom stereocenters. The second kappa shape index (κ2) is 13.5. The van der Waals surface area contributed by atoms with Crippen LogP contribution in [0.25, 0.3) is 11.3 Å². The first-order valence-electron chi connectivity index (χ1n) is 12.6. The van der Waals surface area contributed by atoms with Gasteiger partial charge in [0.25, 0.3) is 0 Å². The minimum atomic E-state index is -4.76. The smallest absolute Gasteiger partial charge is 0.416 e. The molecule has 16 heteroatoms. The Bertz CT molecular complexity index is 1360. The Labute approximate surface area is 236 Å². The first kappa shape index (κ1) is 30.5. The summed E-state index contributed by atoms with van der Waals surface area (Å²) in [7, 11) is 1.61. The van der Waals surface area contributed by atoms with E-state index in [0.29, 0.717) is 37.1 Å². The number of benzene rings is 1. The number of aromatic nitrogens is 3. The summed E-state index contributed by atoms with van der Waals surface area (Å²) in [6, 6.07) is 2.24. The molecule has 1 aromatic carbocycles. The van der Waals surface area contributed by atoms with E-state index < -0.39 is 29.3 Å². The highest BCUT2D eigenvalue weighted by molar-refractivity contribution is 7.16. The molecule has 0 aliphatic carbocycles. The number of alkyl halides is 3. The monoisotopic (exact) mass is 601 g/mol. The zero-order chi connectivity index (χ0) is 29.6. The molecular weight excluding hydrogens is 573 g/mol. The Kier molecular flexibility index (Phi) is 10.0. The Hall–Kier alpha value is -3.47. The summed E-state index contributed by atoms with van der Waals surface area (Å²) in [5, 5.41) is 17.3. The number of halogens is 5. The molecule has 0 spiro atoms. The van der Waals surface area contributed by atoms with Crippen LogP contribution >= 0.6 is 11.3 Å². The van der Waals surface area contributed by atoms with Crippen LogP contribution in [0.3, 0.4) is 0 Å². The molecule has 1 aliphatic heterocycles. The Balaban J connectivity index is 1.56. The van der Waals surface area contributed by atoms with Crippen molar-refractivity contribution in [1.82, 2.24) is 25.2 Å². The van der Waals surface area contributed by atoms with E-state index in [9.17, 15) is 22.4 Å². The maximum absolute atomic E-state index is 15.1. The van der Waals surface area contributed by atoms with Gasteiger partial charge >= 0.3 is 12.1 Å². The highest BCUT2D eigenvalue weighted by atomic mass is 32.1. The lowest BCUT2D eigenvalue weighted by atomic mass is 10.1. The van der Waals surface area contributed by atoms with Gasteiger partial charge in [-0.05, 0) is 24.6 Å². The molecule has 1 saturated heterocycles.